The van der Waals surface area contributed by atoms with Gasteiger partial charge in [0.25, 0.3) is 0 Å². The Bertz CT molecular complexity index is 440. The summed E-state index contributed by atoms with van der Waals surface area (Å²) in [5.41, 5.74) is 1.02. The first-order valence-electron chi connectivity index (χ1n) is 6.49. The zero-order valence-corrected chi connectivity index (χ0v) is 11.8. The van der Waals surface area contributed by atoms with Crippen LogP contribution in [0.2, 0.25) is 0 Å². The molecule has 1 aromatic carbocycles. The maximum Gasteiger partial charge on any atom is 0.415 e. The molecular weight excluding hydrogens is 242 g/mol. The fraction of sp³-hybridized carbons (Fsp3) is 0.500. The number of hydrogen-bond donors (Lipinski definition) is 0. The van der Waals surface area contributed by atoms with Crippen molar-refractivity contribution >= 4 is 11.8 Å². The van der Waals surface area contributed by atoms with Crippen LogP contribution in [0.4, 0.5) is 10.5 Å². The van der Waals surface area contributed by atoms with E-state index in [1.807, 2.05) is 37.2 Å². The number of anilines is 1. The van der Waals surface area contributed by atoms with E-state index in [1.165, 1.54) is 0 Å². The predicted molar refractivity (Wildman–Crippen MR) is 75.9 cm³/mol. The number of benzene rings is 1. The molecule has 2 rings (SSSR count). The number of carbonyl (C=O) groups excluding carboxylic acids is 1. The third kappa shape index (κ3) is 3.61. The molecule has 1 aliphatic rings. The molecule has 0 aliphatic carbocycles. The van der Waals surface area contributed by atoms with Gasteiger partial charge in [-0.3, -0.25) is 0 Å². The highest BCUT2D eigenvalue weighted by Gasteiger charge is 2.20. The molecule has 1 aliphatic heterocycles. The van der Waals surface area contributed by atoms with Crippen molar-refractivity contribution < 1.29 is 9.53 Å². The topological polar surface area (TPSA) is 36.0 Å². The van der Waals surface area contributed by atoms with Gasteiger partial charge in [0, 0.05) is 52.0 Å². The van der Waals surface area contributed by atoms with Crippen LogP contribution in [0, 0.1) is 0 Å². The summed E-state index contributed by atoms with van der Waals surface area (Å²) in [6.07, 6.45) is -0.260. The second-order valence-corrected chi connectivity index (χ2v) is 5.05. The van der Waals surface area contributed by atoms with E-state index in [0.29, 0.717) is 5.75 Å². The minimum atomic E-state index is -0.260. The first-order chi connectivity index (χ1) is 9.06. The largest absolute Gasteiger partial charge is 0.415 e. The monoisotopic (exact) mass is 263 g/mol. The van der Waals surface area contributed by atoms with Crippen molar-refractivity contribution in [3.63, 3.8) is 0 Å². The Kier molecular flexibility index (Phi) is 4.27. The lowest BCUT2D eigenvalue weighted by Gasteiger charge is -2.31. The minimum absolute atomic E-state index is 0.260. The minimum Gasteiger partial charge on any atom is -0.410 e. The third-order valence-electron chi connectivity index (χ3n) is 3.30. The fourth-order valence-corrected chi connectivity index (χ4v) is 1.98. The Balaban J connectivity index is 1.97. The van der Waals surface area contributed by atoms with Gasteiger partial charge in [-0.15, -0.1) is 0 Å². The number of nitrogens with zero attached hydrogens (tertiary/aromatic N) is 3. The molecule has 0 saturated carbocycles. The van der Waals surface area contributed by atoms with E-state index in [2.05, 4.69) is 11.9 Å². The van der Waals surface area contributed by atoms with Gasteiger partial charge < -0.3 is 19.4 Å². The van der Waals surface area contributed by atoms with Crippen molar-refractivity contribution in [2.45, 2.75) is 0 Å². The lowest BCUT2D eigenvalue weighted by Crippen LogP contribution is -2.48. The summed E-state index contributed by atoms with van der Waals surface area (Å²) in [5, 5.41) is 0. The highest BCUT2D eigenvalue weighted by atomic mass is 16.6. The van der Waals surface area contributed by atoms with Crippen molar-refractivity contribution in [2.75, 3.05) is 52.2 Å². The number of piperazine rings is 1. The molecule has 1 saturated heterocycles. The number of likely N-dealkylation sites (N-methyl/N-ethyl adjacent to an activating group) is 1. The summed E-state index contributed by atoms with van der Waals surface area (Å²) in [6, 6.07) is 7.55. The third-order valence-corrected chi connectivity index (χ3v) is 3.30. The summed E-state index contributed by atoms with van der Waals surface area (Å²) in [7, 11) is 5.98. The number of hydrogen-bond acceptors (Lipinski definition) is 4. The zero-order valence-electron chi connectivity index (χ0n) is 11.8. The van der Waals surface area contributed by atoms with Gasteiger partial charge in [0.15, 0.2) is 0 Å². The highest BCUT2D eigenvalue weighted by Crippen LogP contribution is 2.20. The van der Waals surface area contributed by atoms with E-state index >= 15 is 0 Å². The van der Waals surface area contributed by atoms with Crippen molar-refractivity contribution in [2.24, 2.45) is 0 Å². The Hall–Kier alpha value is -1.75. The second kappa shape index (κ2) is 5.93. The second-order valence-electron chi connectivity index (χ2n) is 5.05. The number of carbonyl (C=O) groups is 1. The normalized spacial score (nSPS) is 16.3. The van der Waals surface area contributed by atoms with Crippen molar-refractivity contribution in [3.05, 3.63) is 24.3 Å². The zero-order chi connectivity index (χ0) is 13.8. The van der Waals surface area contributed by atoms with Crippen LogP contribution in [0.5, 0.6) is 5.75 Å². The average Bonchev–Trinajstić information content (AvgIpc) is 2.39. The summed E-state index contributed by atoms with van der Waals surface area (Å²) < 4.78 is 5.42. The first-order valence-corrected chi connectivity index (χ1v) is 6.49. The van der Waals surface area contributed by atoms with Gasteiger partial charge in [0.05, 0.1) is 0 Å². The van der Waals surface area contributed by atoms with Gasteiger partial charge in [0.1, 0.15) is 5.75 Å². The van der Waals surface area contributed by atoms with E-state index in [-0.39, 0.29) is 6.09 Å². The van der Waals surface area contributed by atoms with Crippen LogP contribution < -0.4 is 9.64 Å². The van der Waals surface area contributed by atoms with Crippen LogP contribution >= 0.6 is 0 Å². The van der Waals surface area contributed by atoms with Crippen LogP contribution in [0.1, 0.15) is 0 Å². The molecule has 0 spiro atoms. The number of ether oxygens (including phenoxy) is 1. The Labute approximate surface area is 114 Å². The van der Waals surface area contributed by atoms with Crippen molar-refractivity contribution in [1.82, 2.24) is 9.80 Å². The summed E-state index contributed by atoms with van der Waals surface area (Å²) in [6.45, 7) is 3.24. The molecule has 0 radical (unpaired) electrons. The van der Waals surface area contributed by atoms with Gasteiger partial charge in [-0.1, -0.05) is 6.07 Å². The van der Waals surface area contributed by atoms with Gasteiger partial charge in [-0.2, -0.15) is 0 Å². The highest BCUT2D eigenvalue weighted by molar-refractivity contribution is 5.71. The van der Waals surface area contributed by atoms with E-state index in [1.54, 1.807) is 11.0 Å². The molecule has 5 heteroatoms. The molecule has 104 valence electrons. The van der Waals surface area contributed by atoms with E-state index < -0.39 is 0 Å². The van der Waals surface area contributed by atoms with Crippen molar-refractivity contribution in [1.29, 1.82) is 0 Å². The molecule has 0 N–H and O–H groups in total. The molecule has 1 heterocycles. The van der Waals surface area contributed by atoms with E-state index in [4.69, 9.17) is 4.74 Å². The Morgan fingerprint density at radius 3 is 2.53 bits per heavy atom. The van der Waals surface area contributed by atoms with E-state index in [0.717, 1.165) is 31.9 Å². The molecule has 19 heavy (non-hydrogen) atoms. The summed E-state index contributed by atoms with van der Waals surface area (Å²) in [5.74, 6) is 0.593. The first kappa shape index (κ1) is 13.7. The quantitative estimate of drug-likeness (QED) is 0.810. The number of rotatable bonds is 2. The SMILES string of the molecule is CN1CCN(C(=O)Oc2cccc(N(C)C)c2)CC1. The average molecular weight is 263 g/mol. The van der Waals surface area contributed by atoms with Crippen LogP contribution in [0.3, 0.4) is 0 Å². The van der Waals surface area contributed by atoms with Crippen LogP contribution in [0.15, 0.2) is 24.3 Å². The standard InChI is InChI=1S/C14H21N3O2/c1-15(2)12-5-4-6-13(11-12)19-14(18)17-9-7-16(3)8-10-17/h4-6,11H,7-10H2,1-3H3. The van der Waals surface area contributed by atoms with Gasteiger partial charge >= 0.3 is 6.09 Å². The molecule has 5 nitrogen and oxygen atoms in total. The van der Waals surface area contributed by atoms with Crippen LogP contribution in [-0.2, 0) is 0 Å². The molecule has 1 amide bonds. The maximum absolute atomic E-state index is 12.0. The molecule has 0 atom stereocenters. The number of amides is 1. The lowest BCUT2D eigenvalue weighted by molar-refractivity contribution is 0.120. The van der Waals surface area contributed by atoms with Crippen LogP contribution in [0.25, 0.3) is 0 Å². The maximum atomic E-state index is 12.0. The molecular formula is C14H21N3O2. The van der Waals surface area contributed by atoms with Gasteiger partial charge in [0.2, 0.25) is 0 Å². The summed E-state index contributed by atoms with van der Waals surface area (Å²) in [4.78, 5) is 18.0. The predicted octanol–water partition coefficient (Wildman–Crippen LogP) is 1.50. The molecule has 0 aromatic heterocycles. The molecule has 0 unspecified atom stereocenters. The molecule has 1 fully saturated rings. The lowest BCUT2D eigenvalue weighted by atomic mass is 10.3. The molecule has 0 bridgehead atoms. The van der Waals surface area contributed by atoms with E-state index in [9.17, 15) is 4.79 Å². The summed E-state index contributed by atoms with van der Waals surface area (Å²) >= 11 is 0. The smallest absolute Gasteiger partial charge is 0.410 e. The molecule has 1 aromatic rings. The van der Waals surface area contributed by atoms with Gasteiger partial charge in [-0.25, -0.2) is 4.79 Å². The Morgan fingerprint density at radius 2 is 1.89 bits per heavy atom. The van der Waals surface area contributed by atoms with Crippen molar-refractivity contribution in [3.8, 4) is 5.75 Å². The van der Waals surface area contributed by atoms with Crippen LogP contribution in [-0.4, -0.2) is 63.2 Å². The fourth-order valence-electron chi connectivity index (χ4n) is 1.98. The van der Waals surface area contributed by atoms with Gasteiger partial charge in [-0.05, 0) is 19.2 Å². The Morgan fingerprint density at radius 1 is 1.21 bits per heavy atom.